The van der Waals surface area contributed by atoms with Crippen molar-refractivity contribution in [3.8, 4) is 0 Å². The summed E-state index contributed by atoms with van der Waals surface area (Å²) in [7, 11) is 0. The van der Waals surface area contributed by atoms with Gasteiger partial charge in [0.05, 0.1) is 12.3 Å². The summed E-state index contributed by atoms with van der Waals surface area (Å²) in [5, 5.41) is 2.77. The molecule has 0 aromatic heterocycles. The van der Waals surface area contributed by atoms with E-state index in [1.165, 1.54) is 0 Å². The van der Waals surface area contributed by atoms with Crippen LogP contribution in [0.4, 0.5) is 10.5 Å². The van der Waals surface area contributed by atoms with Gasteiger partial charge in [0, 0.05) is 5.56 Å². The van der Waals surface area contributed by atoms with E-state index in [0.29, 0.717) is 6.61 Å². The van der Waals surface area contributed by atoms with E-state index in [2.05, 4.69) is 5.32 Å². The monoisotopic (exact) mass is 249 g/mol. The number of benzene rings is 1. The van der Waals surface area contributed by atoms with Gasteiger partial charge in [0.1, 0.15) is 11.2 Å². The first-order valence-corrected chi connectivity index (χ1v) is 6.04. The molecule has 1 aromatic carbocycles. The Hall–Kier alpha value is -1.55. The number of hydrogen-bond donors (Lipinski definition) is 1. The first-order valence-electron chi connectivity index (χ1n) is 6.04. The third kappa shape index (κ3) is 3.01. The van der Waals surface area contributed by atoms with Crippen molar-refractivity contribution in [3.05, 3.63) is 29.8 Å². The van der Waals surface area contributed by atoms with Crippen LogP contribution in [-0.2, 0) is 15.1 Å². The lowest BCUT2D eigenvalue weighted by Gasteiger charge is -2.21. The van der Waals surface area contributed by atoms with Crippen LogP contribution in [0.2, 0.25) is 0 Å². The number of ether oxygens (including phenoxy) is 2. The summed E-state index contributed by atoms with van der Waals surface area (Å²) in [6.07, 6.45) is -0.445. The molecule has 1 unspecified atom stereocenters. The Labute approximate surface area is 107 Å². The molecule has 1 fully saturated rings. The summed E-state index contributed by atoms with van der Waals surface area (Å²) in [5.74, 6) is 0. The van der Waals surface area contributed by atoms with Crippen molar-refractivity contribution >= 4 is 11.8 Å². The van der Waals surface area contributed by atoms with Gasteiger partial charge in [-0.2, -0.15) is 0 Å². The maximum absolute atomic E-state index is 11.8. The van der Waals surface area contributed by atoms with E-state index in [4.69, 9.17) is 9.47 Å². The zero-order valence-electron chi connectivity index (χ0n) is 11.2. The van der Waals surface area contributed by atoms with Gasteiger partial charge < -0.3 is 9.47 Å². The molecule has 1 aliphatic rings. The van der Waals surface area contributed by atoms with Gasteiger partial charge >= 0.3 is 6.09 Å². The van der Waals surface area contributed by atoms with Crippen LogP contribution >= 0.6 is 0 Å². The Balaban J connectivity index is 2.12. The topological polar surface area (TPSA) is 50.9 Å². The summed E-state index contributed by atoms with van der Waals surface area (Å²) < 4.78 is 10.7. The van der Waals surface area contributed by atoms with Gasteiger partial charge in [-0.25, -0.2) is 4.79 Å². The predicted octanol–water partition coefficient (Wildman–Crippen LogP) is 3.28. The van der Waals surface area contributed by atoms with Crippen LogP contribution in [0.1, 0.15) is 33.3 Å². The fraction of sp³-hybridized carbons (Fsp3) is 0.500. The normalized spacial score (nSPS) is 22.4. The molecule has 0 aliphatic carbocycles. The molecule has 2 rings (SSSR count). The zero-order valence-corrected chi connectivity index (χ0v) is 11.2. The van der Waals surface area contributed by atoms with Crippen molar-refractivity contribution in [3.63, 3.8) is 0 Å². The minimum Gasteiger partial charge on any atom is -0.444 e. The summed E-state index contributed by atoms with van der Waals surface area (Å²) in [6, 6.07) is 7.62. The summed E-state index contributed by atoms with van der Waals surface area (Å²) in [6.45, 7) is 8.19. The van der Waals surface area contributed by atoms with Gasteiger partial charge in [-0.3, -0.25) is 5.32 Å². The number of carbonyl (C=O) groups excluding carboxylic acids is 1. The van der Waals surface area contributed by atoms with Crippen LogP contribution in [0, 0.1) is 0 Å². The van der Waals surface area contributed by atoms with Gasteiger partial charge in [0.15, 0.2) is 0 Å². The number of carbonyl (C=O) groups is 1. The van der Waals surface area contributed by atoms with Gasteiger partial charge in [-0.1, -0.05) is 18.2 Å². The van der Waals surface area contributed by atoms with Gasteiger partial charge in [-0.15, -0.1) is 0 Å². The maximum atomic E-state index is 11.8. The molecular formula is C14H19NO3. The Morgan fingerprint density at radius 1 is 1.39 bits per heavy atom. The molecule has 1 aromatic rings. The van der Waals surface area contributed by atoms with E-state index in [9.17, 15) is 4.79 Å². The molecule has 4 nitrogen and oxygen atoms in total. The molecule has 18 heavy (non-hydrogen) atoms. The average molecular weight is 249 g/mol. The van der Waals surface area contributed by atoms with Crippen LogP contribution in [-0.4, -0.2) is 18.3 Å². The van der Waals surface area contributed by atoms with E-state index in [1.807, 2.05) is 52.0 Å². The number of rotatable bonds is 2. The van der Waals surface area contributed by atoms with Gasteiger partial charge in [-0.05, 0) is 33.8 Å². The fourth-order valence-electron chi connectivity index (χ4n) is 1.73. The Morgan fingerprint density at radius 2 is 2.00 bits per heavy atom. The molecule has 1 atom stereocenters. The van der Waals surface area contributed by atoms with Crippen molar-refractivity contribution in [1.82, 2.24) is 0 Å². The molecule has 1 N–H and O–H groups in total. The van der Waals surface area contributed by atoms with Crippen LogP contribution in [0.15, 0.2) is 24.3 Å². The smallest absolute Gasteiger partial charge is 0.412 e. The number of epoxide rings is 1. The fourth-order valence-corrected chi connectivity index (χ4v) is 1.73. The highest BCUT2D eigenvalue weighted by molar-refractivity contribution is 5.86. The SMILES string of the molecule is CC(C)(C)OC(=O)Nc1ccccc1C1(C)CO1. The average Bonchev–Trinajstić information content (AvgIpc) is 2.95. The molecule has 1 amide bonds. The second-order valence-corrected chi connectivity index (χ2v) is 5.69. The number of hydrogen-bond acceptors (Lipinski definition) is 3. The van der Waals surface area contributed by atoms with E-state index < -0.39 is 11.7 Å². The maximum Gasteiger partial charge on any atom is 0.412 e. The lowest BCUT2D eigenvalue weighted by atomic mass is 10.0. The van der Waals surface area contributed by atoms with E-state index in [1.54, 1.807) is 0 Å². The van der Waals surface area contributed by atoms with Crippen molar-refractivity contribution in [1.29, 1.82) is 0 Å². The number of para-hydroxylation sites is 1. The minimum atomic E-state index is -0.501. The predicted molar refractivity (Wildman–Crippen MR) is 69.6 cm³/mol. The van der Waals surface area contributed by atoms with Crippen molar-refractivity contribution in [2.45, 2.75) is 38.9 Å². The van der Waals surface area contributed by atoms with Crippen LogP contribution in [0.25, 0.3) is 0 Å². The molecule has 4 heteroatoms. The molecule has 1 aliphatic heterocycles. The van der Waals surface area contributed by atoms with Crippen molar-refractivity contribution < 1.29 is 14.3 Å². The second-order valence-electron chi connectivity index (χ2n) is 5.69. The Bertz CT molecular complexity index is 458. The molecule has 0 bridgehead atoms. The molecule has 1 saturated heterocycles. The van der Waals surface area contributed by atoms with E-state index in [0.717, 1.165) is 11.3 Å². The molecule has 1 heterocycles. The van der Waals surface area contributed by atoms with Crippen molar-refractivity contribution in [2.24, 2.45) is 0 Å². The summed E-state index contributed by atoms with van der Waals surface area (Å²) in [4.78, 5) is 11.8. The second kappa shape index (κ2) is 4.28. The van der Waals surface area contributed by atoms with Crippen LogP contribution < -0.4 is 5.32 Å². The number of nitrogens with one attached hydrogen (secondary N) is 1. The first kappa shape index (κ1) is 12.9. The summed E-state index contributed by atoms with van der Waals surface area (Å²) in [5.41, 5.74) is 0.951. The Morgan fingerprint density at radius 3 is 2.56 bits per heavy atom. The lowest BCUT2D eigenvalue weighted by Crippen LogP contribution is -2.27. The van der Waals surface area contributed by atoms with Gasteiger partial charge in [0.2, 0.25) is 0 Å². The van der Waals surface area contributed by atoms with Crippen molar-refractivity contribution in [2.75, 3.05) is 11.9 Å². The number of amides is 1. The third-order valence-electron chi connectivity index (χ3n) is 2.71. The standard InChI is InChI=1S/C14H19NO3/c1-13(2,3)18-12(16)15-11-8-6-5-7-10(11)14(4)9-17-14/h5-8H,9H2,1-4H3,(H,15,16). The first-order chi connectivity index (χ1) is 8.30. The molecule has 0 spiro atoms. The number of anilines is 1. The summed E-state index contributed by atoms with van der Waals surface area (Å²) >= 11 is 0. The zero-order chi connectivity index (χ0) is 13.4. The van der Waals surface area contributed by atoms with Crippen LogP contribution in [0.3, 0.4) is 0 Å². The highest BCUT2D eigenvalue weighted by atomic mass is 16.6. The molecule has 98 valence electrons. The molecule has 0 radical (unpaired) electrons. The molecule has 0 saturated carbocycles. The molecular weight excluding hydrogens is 230 g/mol. The minimum absolute atomic E-state index is 0.272. The Kier molecular flexibility index (Phi) is 3.07. The highest BCUT2D eigenvalue weighted by Crippen LogP contribution is 2.41. The highest BCUT2D eigenvalue weighted by Gasteiger charge is 2.43. The van der Waals surface area contributed by atoms with E-state index in [-0.39, 0.29) is 5.60 Å². The lowest BCUT2D eigenvalue weighted by molar-refractivity contribution is 0.0635. The third-order valence-corrected chi connectivity index (χ3v) is 2.71. The van der Waals surface area contributed by atoms with Crippen LogP contribution in [0.5, 0.6) is 0 Å². The van der Waals surface area contributed by atoms with Gasteiger partial charge in [0.25, 0.3) is 0 Å². The largest absolute Gasteiger partial charge is 0.444 e. The quantitative estimate of drug-likeness (QED) is 0.818. The van der Waals surface area contributed by atoms with E-state index >= 15 is 0 Å².